The Morgan fingerprint density at radius 2 is 1.88 bits per heavy atom. The van der Waals surface area contributed by atoms with Crippen LogP contribution in [0.5, 0.6) is 5.75 Å². The predicted molar refractivity (Wildman–Crippen MR) is 125 cm³/mol. The van der Waals surface area contributed by atoms with E-state index in [2.05, 4.69) is 23.3 Å². The quantitative estimate of drug-likeness (QED) is 0.294. The Kier molecular flexibility index (Phi) is 11.0. The molecule has 11 heteroatoms. The molecule has 0 fully saturated rings. The summed E-state index contributed by atoms with van der Waals surface area (Å²) in [5.74, 6) is -1.76. The van der Waals surface area contributed by atoms with Crippen molar-refractivity contribution in [2.45, 2.75) is 51.8 Å². The molecule has 0 aliphatic carbocycles. The Bertz CT molecular complexity index is 842. The lowest BCUT2D eigenvalue weighted by molar-refractivity contribution is -0.143. The second kappa shape index (κ2) is 12.9. The first-order valence-corrected chi connectivity index (χ1v) is 11.1. The Morgan fingerprint density at radius 1 is 1.21 bits per heavy atom. The van der Waals surface area contributed by atoms with E-state index in [9.17, 15) is 24.3 Å². The standard InChI is InChI=1S/C22H33N3O7S/c1-6-31-17(27)10-11-23-19(28)18(14-8-7-9-15(26)12-14)25(5)20(29)16(13-33)24-21(30)32-22(2,3)4/h7-9,12,16,18,26,33H,6,10-11,13H2,1-5H3,(H,23,28)(H,24,30). The van der Waals surface area contributed by atoms with E-state index in [4.69, 9.17) is 9.47 Å². The van der Waals surface area contributed by atoms with Crippen LogP contribution in [0.1, 0.15) is 45.7 Å². The Labute approximate surface area is 199 Å². The van der Waals surface area contributed by atoms with Crippen molar-refractivity contribution in [3.63, 3.8) is 0 Å². The van der Waals surface area contributed by atoms with Crippen LogP contribution in [0.25, 0.3) is 0 Å². The number of thiol groups is 1. The van der Waals surface area contributed by atoms with Crippen molar-refractivity contribution < 1.29 is 33.8 Å². The van der Waals surface area contributed by atoms with Crippen LogP contribution in [0, 0.1) is 0 Å². The number of likely N-dealkylation sites (N-methyl/N-ethyl adjacent to an activating group) is 1. The molecule has 2 unspecified atom stereocenters. The van der Waals surface area contributed by atoms with Gasteiger partial charge in [-0.3, -0.25) is 14.4 Å². The number of nitrogens with zero attached hydrogens (tertiary/aromatic N) is 1. The molecule has 1 aromatic carbocycles. The van der Waals surface area contributed by atoms with Crippen molar-refractivity contribution in [2.24, 2.45) is 0 Å². The molecule has 10 nitrogen and oxygen atoms in total. The molecule has 0 spiro atoms. The van der Waals surface area contributed by atoms with Crippen LogP contribution in [-0.4, -0.2) is 71.5 Å². The first-order valence-electron chi connectivity index (χ1n) is 10.5. The molecule has 3 amide bonds. The number of hydrogen-bond acceptors (Lipinski definition) is 8. The molecule has 0 heterocycles. The van der Waals surface area contributed by atoms with Crippen molar-refractivity contribution >= 4 is 36.5 Å². The minimum absolute atomic E-state index is 0.00116. The fourth-order valence-corrected chi connectivity index (χ4v) is 3.12. The van der Waals surface area contributed by atoms with E-state index in [-0.39, 0.29) is 31.1 Å². The molecule has 184 valence electrons. The molecule has 33 heavy (non-hydrogen) atoms. The van der Waals surface area contributed by atoms with Crippen LogP contribution in [0.4, 0.5) is 4.79 Å². The molecule has 0 aliphatic rings. The molecule has 2 atom stereocenters. The molecule has 0 aromatic heterocycles. The number of esters is 1. The van der Waals surface area contributed by atoms with Gasteiger partial charge in [0, 0.05) is 19.3 Å². The maximum absolute atomic E-state index is 13.1. The van der Waals surface area contributed by atoms with Gasteiger partial charge in [-0.2, -0.15) is 12.6 Å². The second-order valence-corrected chi connectivity index (χ2v) is 8.54. The van der Waals surface area contributed by atoms with Gasteiger partial charge in [0.2, 0.25) is 11.8 Å². The van der Waals surface area contributed by atoms with Crippen molar-refractivity contribution in [1.82, 2.24) is 15.5 Å². The van der Waals surface area contributed by atoms with E-state index < -0.39 is 41.6 Å². The fourth-order valence-electron chi connectivity index (χ4n) is 2.87. The maximum atomic E-state index is 13.1. The Morgan fingerprint density at radius 3 is 2.42 bits per heavy atom. The topological polar surface area (TPSA) is 134 Å². The SMILES string of the molecule is CCOC(=O)CCNC(=O)C(c1cccc(O)c1)N(C)C(=O)C(CS)NC(=O)OC(C)(C)C. The summed E-state index contributed by atoms with van der Waals surface area (Å²) in [5.41, 5.74) is -0.419. The number of phenolic OH excluding ortho intramolecular Hbond substituents is 1. The zero-order valence-electron chi connectivity index (χ0n) is 19.6. The molecule has 0 radical (unpaired) electrons. The van der Waals surface area contributed by atoms with Gasteiger partial charge in [-0.25, -0.2) is 4.79 Å². The number of phenols is 1. The van der Waals surface area contributed by atoms with Crippen molar-refractivity contribution in [2.75, 3.05) is 26.0 Å². The van der Waals surface area contributed by atoms with Crippen molar-refractivity contribution in [1.29, 1.82) is 0 Å². The van der Waals surface area contributed by atoms with Crippen LogP contribution in [0.3, 0.4) is 0 Å². The van der Waals surface area contributed by atoms with Gasteiger partial charge in [0.15, 0.2) is 0 Å². The number of aromatic hydroxyl groups is 1. The fraction of sp³-hybridized carbons (Fsp3) is 0.545. The predicted octanol–water partition coefficient (Wildman–Crippen LogP) is 1.78. The largest absolute Gasteiger partial charge is 0.508 e. The lowest BCUT2D eigenvalue weighted by Crippen LogP contribution is -2.52. The van der Waals surface area contributed by atoms with Crippen LogP contribution >= 0.6 is 12.6 Å². The lowest BCUT2D eigenvalue weighted by Gasteiger charge is -2.31. The highest BCUT2D eigenvalue weighted by molar-refractivity contribution is 7.80. The number of nitrogens with one attached hydrogen (secondary N) is 2. The zero-order valence-corrected chi connectivity index (χ0v) is 20.5. The number of hydrogen-bond donors (Lipinski definition) is 4. The van der Waals surface area contributed by atoms with E-state index in [0.717, 1.165) is 4.90 Å². The Balaban J connectivity index is 3.05. The summed E-state index contributed by atoms with van der Waals surface area (Å²) in [7, 11) is 1.40. The van der Waals surface area contributed by atoms with E-state index in [1.165, 1.54) is 25.2 Å². The third kappa shape index (κ3) is 9.60. The van der Waals surface area contributed by atoms with Gasteiger partial charge in [0.25, 0.3) is 0 Å². The van der Waals surface area contributed by atoms with E-state index >= 15 is 0 Å². The normalized spacial score (nSPS) is 12.8. The summed E-state index contributed by atoms with van der Waals surface area (Å²) in [6.07, 6.45) is -0.834. The summed E-state index contributed by atoms with van der Waals surface area (Å²) in [5, 5.41) is 14.9. The number of carbonyl (C=O) groups is 4. The molecular weight excluding hydrogens is 450 g/mol. The number of carbonyl (C=O) groups excluding carboxylic acids is 4. The molecule has 0 saturated carbocycles. The monoisotopic (exact) mass is 483 g/mol. The van der Waals surface area contributed by atoms with Crippen LogP contribution in [-0.2, 0) is 23.9 Å². The Hall–Kier alpha value is -2.95. The van der Waals surface area contributed by atoms with Gasteiger partial charge in [0.1, 0.15) is 23.4 Å². The highest BCUT2D eigenvalue weighted by atomic mass is 32.1. The summed E-state index contributed by atoms with van der Waals surface area (Å²) < 4.78 is 10.0. The van der Waals surface area contributed by atoms with E-state index in [0.29, 0.717) is 5.56 Å². The van der Waals surface area contributed by atoms with Crippen LogP contribution in [0.2, 0.25) is 0 Å². The third-order valence-electron chi connectivity index (χ3n) is 4.27. The van der Waals surface area contributed by atoms with Crippen molar-refractivity contribution in [3.8, 4) is 5.75 Å². The molecule has 1 aromatic rings. The third-order valence-corrected chi connectivity index (χ3v) is 4.64. The summed E-state index contributed by atoms with van der Waals surface area (Å²) in [4.78, 5) is 51.0. The smallest absolute Gasteiger partial charge is 0.408 e. The van der Waals surface area contributed by atoms with Gasteiger partial charge in [-0.15, -0.1) is 0 Å². The second-order valence-electron chi connectivity index (χ2n) is 8.17. The van der Waals surface area contributed by atoms with Gasteiger partial charge in [-0.1, -0.05) is 12.1 Å². The van der Waals surface area contributed by atoms with Crippen molar-refractivity contribution in [3.05, 3.63) is 29.8 Å². The maximum Gasteiger partial charge on any atom is 0.408 e. The molecule has 0 aliphatic heterocycles. The molecule has 0 bridgehead atoms. The minimum atomic E-state index is -1.14. The molecule has 1 rings (SSSR count). The average Bonchev–Trinajstić information content (AvgIpc) is 2.70. The van der Waals surface area contributed by atoms with Gasteiger partial charge < -0.3 is 30.1 Å². The molecule has 0 saturated heterocycles. The summed E-state index contributed by atoms with van der Waals surface area (Å²) in [6.45, 7) is 6.98. The van der Waals surface area contributed by atoms with E-state index in [1.54, 1.807) is 33.8 Å². The van der Waals surface area contributed by atoms with Gasteiger partial charge in [0.05, 0.1) is 13.0 Å². The lowest BCUT2D eigenvalue weighted by atomic mass is 10.0. The first-order chi connectivity index (χ1) is 15.4. The average molecular weight is 484 g/mol. The van der Waals surface area contributed by atoms with Crippen LogP contribution < -0.4 is 10.6 Å². The highest BCUT2D eigenvalue weighted by Gasteiger charge is 2.33. The number of amides is 3. The number of benzene rings is 1. The van der Waals surface area contributed by atoms with E-state index in [1.807, 2.05) is 0 Å². The van der Waals surface area contributed by atoms with Gasteiger partial charge >= 0.3 is 12.1 Å². The number of alkyl carbamates (subject to hydrolysis) is 1. The number of rotatable bonds is 10. The minimum Gasteiger partial charge on any atom is -0.508 e. The summed E-state index contributed by atoms with van der Waals surface area (Å²) in [6, 6.07) is 3.69. The van der Waals surface area contributed by atoms with Gasteiger partial charge in [-0.05, 0) is 45.4 Å². The molecule has 3 N–H and O–H groups in total. The first kappa shape index (κ1) is 28.1. The summed E-state index contributed by atoms with van der Waals surface area (Å²) >= 11 is 4.15. The molecular formula is C22H33N3O7S. The highest BCUT2D eigenvalue weighted by Crippen LogP contribution is 2.24. The number of ether oxygens (including phenoxy) is 2. The zero-order chi connectivity index (χ0) is 25.2. The van der Waals surface area contributed by atoms with Crippen LogP contribution in [0.15, 0.2) is 24.3 Å².